The first kappa shape index (κ1) is 14.8. The second-order valence-electron chi connectivity index (χ2n) is 5.29. The van der Waals surface area contributed by atoms with Gasteiger partial charge in [-0.1, -0.05) is 15.9 Å². The van der Waals surface area contributed by atoms with Gasteiger partial charge in [0.25, 0.3) is 0 Å². The molecule has 0 bridgehead atoms. The first-order valence-corrected chi connectivity index (χ1v) is 7.93. The predicted octanol–water partition coefficient (Wildman–Crippen LogP) is 1.65. The van der Waals surface area contributed by atoms with Crippen LogP contribution in [0.15, 0.2) is 28.7 Å². The van der Waals surface area contributed by atoms with E-state index >= 15 is 0 Å². The summed E-state index contributed by atoms with van der Waals surface area (Å²) in [5.74, 6) is 0.813. The molecule has 0 amide bonds. The van der Waals surface area contributed by atoms with Gasteiger partial charge in [-0.05, 0) is 49.9 Å². The molecule has 1 atom stereocenters. The third kappa shape index (κ3) is 5.51. The minimum Gasteiger partial charge on any atom is -0.491 e. The Morgan fingerprint density at radius 2 is 1.74 bits per heavy atom. The first-order valence-electron chi connectivity index (χ1n) is 7.14. The van der Waals surface area contributed by atoms with Crippen molar-refractivity contribution in [2.75, 3.05) is 26.2 Å². The van der Waals surface area contributed by atoms with Gasteiger partial charge < -0.3 is 14.7 Å². The van der Waals surface area contributed by atoms with Crippen LogP contribution in [0.5, 0.6) is 5.75 Å². The van der Waals surface area contributed by atoms with E-state index in [1.165, 1.54) is 43.7 Å². The molecule has 19 heavy (non-hydrogen) atoms. The van der Waals surface area contributed by atoms with Crippen LogP contribution in [0.4, 0.5) is 0 Å². The molecule has 3 nitrogen and oxygen atoms in total. The zero-order valence-corrected chi connectivity index (χ0v) is 12.9. The SMILES string of the molecule is O[C@@H](COc1ccc(Br)cc1)C[NH+]1CCCCCC1. The number of likely N-dealkylation sites (tertiary alicyclic amines) is 1. The van der Waals surface area contributed by atoms with Crippen LogP contribution in [-0.2, 0) is 0 Å². The Balaban J connectivity index is 1.71. The maximum Gasteiger partial charge on any atom is 0.137 e. The van der Waals surface area contributed by atoms with Gasteiger partial charge in [-0.25, -0.2) is 0 Å². The average molecular weight is 329 g/mol. The van der Waals surface area contributed by atoms with Gasteiger partial charge in [0, 0.05) is 4.47 Å². The van der Waals surface area contributed by atoms with Crippen molar-refractivity contribution in [3.8, 4) is 5.75 Å². The quantitative estimate of drug-likeness (QED) is 0.861. The van der Waals surface area contributed by atoms with E-state index in [4.69, 9.17) is 4.74 Å². The van der Waals surface area contributed by atoms with Gasteiger partial charge in [-0.15, -0.1) is 0 Å². The molecule has 0 radical (unpaired) electrons. The number of aliphatic hydroxyl groups excluding tert-OH is 1. The number of quaternary nitrogens is 1. The van der Waals surface area contributed by atoms with Crippen LogP contribution < -0.4 is 9.64 Å². The number of ether oxygens (including phenoxy) is 1. The van der Waals surface area contributed by atoms with Gasteiger partial charge in [0.15, 0.2) is 0 Å². The summed E-state index contributed by atoms with van der Waals surface area (Å²) in [7, 11) is 0. The highest BCUT2D eigenvalue weighted by Gasteiger charge is 2.17. The molecule has 0 unspecified atom stereocenters. The lowest BCUT2D eigenvalue weighted by Gasteiger charge is -2.20. The number of rotatable bonds is 5. The van der Waals surface area contributed by atoms with Crippen molar-refractivity contribution >= 4 is 15.9 Å². The normalized spacial score (nSPS) is 18.8. The summed E-state index contributed by atoms with van der Waals surface area (Å²) < 4.78 is 6.65. The minimum absolute atomic E-state index is 0.378. The summed E-state index contributed by atoms with van der Waals surface area (Å²) in [5.41, 5.74) is 0. The number of hydrogen-bond donors (Lipinski definition) is 2. The molecule has 0 aliphatic carbocycles. The molecule has 1 aliphatic heterocycles. The lowest BCUT2D eigenvalue weighted by molar-refractivity contribution is -0.902. The van der Waals surface area contributed by atoms with E-state index < -0.39 is 0 Å². The van der Waals surface area contributed by atoms with Crippen LogP contribution in [0.1, 0.15) is 25.7 Å². The van der Waals surface area contributed by atoms with Crippen LogP contribution in [0.2, 0.25) is 0 Å². The lowest BCUT2D eigenvalue weighted by Crippen LogP contribution is -3.13. The highest BCUT2D eigenvalue weighted by molar-refractivity contribution is 9.10. The van der Waals surface area contributed by atoms with E-state index in [1.807, 2.05) is 24.3 Å². The van der Waals surface area contributed by atoms with E-state index in [2.05, 4.69) is 15.9 Å². The van der Waals surface area contributed by atoms with Crippen LogP contribution in [0.3, 0.4) is 0 Å². The number of nitrogens with one attached hydrogen (secondary N) is 1. The van der Waals surface area contributed by atoms with Crippen LogP contribution >= 0.6 is 15.9 Å². The minimum atomic E-state index is -0.378. The van der Waals surface area contributed by atoms with Gasteiger partial charge in [0.05, 0.1) is 13.1 Å². The zero-order chi connectivity index (χ0) is 13.5. The standard InChI is InChI=1S/C15H22BrNO2/c16-13-5-7-15(8-6-13)19-12-14(18)11-17-9-3-1-2-4-10-17/h5-8,14,18H,1-4,9-12H2/p+1/t14-/m1/s1. The second-order valence-corrected chi connectivity index (χ2v) is 6.20. The van der Waals surface area contributed by atoms with Crippen molar-refractivity contribution in [1.82, 2.24) is 0 Å². The molecule has 1 aromatic rings. The molecule has 1 aliphatic rings. The van der Waals surface area contributed by atoms with Crippen molar-refractivity contribution in [2.24, 2.45) is 0 Å². The number of aliphatic hydroxyl groups is 1. The van der Waals surface area contributed by atoms with Gasteiger partial charge in [-0.3, -0.25) is 0 Å². The monoisotopic (exact) mass is 328 g/mol. The van der Waals surface area contributed by atoms with Gasteiger partial charge in [0.2, 0.25) is 0 Å². The molecule has 106 valence electrons. The number of hydrogen-bond acceptors (Lipinski definition) is 2. The first-order chi connectivity index (χ1) is 9.24. The Kier molecular flexibility index (Phi) is 6.14. The van der Waals surface area contributed by atoms with E-state index in [1.54, 1.807) is 0 Å². The summed E-state index contributed by atoms with van der Waals surface area (Å²) in [6, 6.07) is 7.72. The number of halogens is 1. The molecule has 1 heterocycles. The topological polar surface area (TPSA) is 33.9 Å². The Labute approximate surface area is 123 Å². The average Bonchev–Trinajstić information content (AvgIpc) is 2.67. The molecule has 1 fully saturated rings. The molecular weight excluding hydrogens is 306 g/mol. The van der Waals surface area contributed by atoms with Gasteiger partial charge >= 0.3 is 0 Å². The van der Waals surface area contributed by atoms with Crippen molar-refractivity contribution in [3.63, 3.8) is 0 Å². The maximum absolute atomic E-state index is 10.1. The van der Waals surface area contributed by atoms with Gasteiger partial charge in [-0.2, -0.15) is 0 Å². The van der Waals surface area contributed by atoms with E-state index in [-0.39, 0.29) is 6.10 Å². The van der Waals surface area contributed by atoms with E-state index in [0.29, 0.717) is 6.61 Å². The molecule has 1 saturated heterocycles. The summed E-state index contributed by atoms with van der Waals surface area (Å²) in [6.07, 6.45) is 4.88. The molecule has 2 N–H and O–H groups in total. The summed E-state index contributed by atoms with van der Waals surface area (Å²) in [6.45, 7) is 3.56. The Morgan fingerprint density at radius 3 is 2.37 bits per heavy atom. The third-order valence-electron chi connectivity index (χ3n) is 3.59. The second kappa shape index (κ2) is 7.88. The van der Waals surface area contributed by atoms with Crippen LogP contribution in [0, 0.1) is 0 Å². The highest BCUT2D eigenvalue weighted by atomic mass is 79.9. The van der Waals surface area contributed by atoms with Gasteiger partial charge in [0.1, 0.15) is 25.0 Å². The van der Waals surface area contributed by atoms with Crippen molar-refractivity contribution in [3.05, 3.63) is 28.7 Å². The highest BCUT2D eigenvalue weighted by Crippen LogP contribution is 2.16. The molecule has 1 aromatic carbocycles. The summed E-state index contributed by atoms with van der Waals surface area (Å²) in [5, 5.41) is 10.1. The molecule has 0 aromatic heterocycles. The summed E-state index contributed by atoms with van der Waals surface area (Å²) in [4.78, 5) is 1.52. The fraction of sp³-hybridized carbons (Fsp3) is 0.600. The van der Waals surface area contributed by atoms with Crippen LogP contribution in [0.25, 0.3) is 0 Å². The molecule has 0 saturated carbocycles. The fourth-order valence-electron chi connectivity index (χ4n) is 2.55. The van der Waals surface area contributed by atoms with Crippen molar-refractivity contribution in [1.29, 1.82) is 0 Å². The Morgan fingerprint density at radius 1 is 1.11 bits per heavy atom. The summed E-state index contributed by atoms with van der Waals surface area (Å²) >= 11 is 3.39. The Bertz CT molecular complexity index is 361. The molecular formula is C15H23BrNO2+. The zero-order valence-electron chi connectivity index (χ0n) is 11.3. The predicted molar refractivity (Wildman–Crippen MR) is 79.7 cm³/mol. The van der Waals surface area contributed by atoms with E-state index in [9.17, 15) is 5.11 Å². The van der Waals surface area contributed by atoms with E-state index in [0.717, 1.165) is 16.8 Å². The fourth-order valence-corrected chi connectivity index (χ4v) is 2.81. The molecule has 2 rings (SSSR count). The molecule has 4 heteroatoms. The van der Waals surface area contributed by atoms with Crippen LogP contribution in [-0.4, -0.2) is 37.5 Å². The Hall–Kier alpha value is -0.580. The maximum atomic E-state index is 10.1. The largest absolute Gasteiger partial charge is 0.491 e. The van der Waals surface area contributed by atoms with Crippen molar-refractivity contribution < 1.29 is 14.7 Å². The lowest BCUT2D eigenvalue weighted by atomic mass is 10.2. The van der Waals surface area contributed by atoms with Crippen molar-refractivity contribution in [2.45, 2.75) is 31.8 Å². The number of benzene rings is 1. The third-order valence-corrected chi connectivity index (χ3v) is 4.12. The smallest absolute Gasteiger partial charge is 0.137 e. The molecule has 0 spiro atoms.